The number of carbonyl (C=O) groups is 2. The number of azide groups is 1. The zero-order valence-electron chi connectivity index (χ0n) is 24.8. The van der Waals surface area contributed by atoms with E-state index < -0.39 is 17.3 Å². The summed E-state index contributed by atoms with van der Waals surface area (Å²) in [7, 11) is 1.00. The molecular weight excluding hydrogens is 488 g/mol. The molecule has 11 nitrogen and oxygen atoms in total. The molecule has 0 aromatic heterocycles. The molecule has 2 aliphatic carbocycles. The van der Waals surface area contributed by atoms with Gasteiger partial charge >= 0.3 is 12.2 Å². The van der Waals surface area contributed by atoms with Crippen LogP contribution in [0.3, 0.4) is 0 Å². The Hall–Kier alpha value is -2.23. The number of rotatable bonds is 7. The third-order valence-electron chi connectivity index (χ3n) is 6.44. The SMILES string of the molecule is CC(C)(C)OC(=O)NC(CN)C1CCCCC1.CC(C)(C)OC(=O)NC(CN=[N+]=[N-])C1CCCCC1.CO. The number of nitrogens with one attached hydrogen (secondary N) is 2. The molecule has 0 spiro atoms. The van der Waals surface area contributed by atoms with Gasteiger partial charge in [-0.1, -0.05) is 43.6 Å². The third kappa shape index (κ3) is 17.3. The first-order valence-corrected chi connectivity index (χ1v) is 14.0. The van der Waals surface area contributed by atoms with Gasteiger partial charge in [0.25, 0.3) is 0 Å². The lowest BCUT2D eigenvalue weighted by atomic mass is 9.84. The normalized spacial score (nSPS) is 18.1. The number of alkyl carbamates (subject to hydrolysis) is 2. The van der Waals surface area contributed by atoms with Gasteiger partial charge in [-0.3, -0.25) is 0 Å². The second-order valence-electron chi connectivity index (χ2n) is 12.0. The standard InChI is InChI=1S/C13H24N4O2.C13H26N2O2.CH4O/c1-13(2,3)19-12(18)16-11(9-15-17-14)10-7-5-4-6-8-10;1-13(2,3)17-12(16)15-11(9-14)10-7-5-4-6-8-10;1-2/h10-11H,4-9H2,1-3H3,(H,16,18);10-11H,4-9,14H2,1-3H3,(H,15,16);2H,1H3. The fourth-order valence-electron chi connectivity index (χ4n) is 4.80. The Kier molecular flexibility index (Phi) is 17.8. The smallest absolute Gasteiger partial charge is 0.407 e. The van der Waals surface area contributed by atoms with Crippen molar-refractivity contribution in [1.29, 1.82) is 0 Å². The molecule has 0 radical (unpaired) electrons. The maximum atomic E-state index is 11.8. The van der Waals surface area contributed by atoms with Crippen LogP contribution in [0.2, 0.25) is 0 Å². The van der Waals surface area contributed by atoms with Gasteiger partial charge in [0.2, 0.25) is 0 Å². The Morgan fingerprint density at radius 3 is 1.55 bits per heavy atom. The zero-order valence-corrected chi connectivity index (χ0v) is 24.8. The van der Waals surface area contributed by atoms with Crippen molar-refractivity contribution in [1.82, 2.24) is 10.6 Å². The molecule has 0 aromatic rings. The summed E-state index contributed by atoms with van der Waals surface area (Å²) in [6.07, 6.45) is 11.1. The van der Waals surface area contributed by atoms with Crippen LogP contribution in [-0.2, 0) is 9.47 Å². The first kappa shape index (κ1) is 35.8. The van der Waals surface area contributed by atoms with Gasteiger partial charge in [0.15, 0.2) is 0 Å². The number of aliphatic hydroxyl groups excluding tert-OH is 1. The van der Waals surface area contributed by atoms with Crippen molar-refractivity contribution < 1.29 is 24.2 Å². The lowest BCUT2D eigenvalue weighted by molar-refractivity contribution is 0.0468. The van der Waals surface area contributed by atoms with Crippen LogP contribution in [0.1, 0.15) is 106 Å². The van der Waals surface area contributed by atoms with Gasteiger partial charge in [0.05, 0.1) is 0 Å². The van der Waals surface area contributed by atoms with Gasteiger partial charge in [-0.05, 0) is 84.6 Å². The number of ether oxygens (including phenoxy) is 2. The summed E-state index contributed by atoms with van der Waals surface area (Å²) >= 11 is 0. The zero-order chi connectivity index (χ0) is 29.2. The number of aliphatic hydroxyl groups is 1. The van der Waals surface area contributed by atoms with E-state index in [1.807, 2.05) is 41.5 Å². The summed E-state index contributed by atoms with van der Waals surface area (Å²) in [5.74, 6) is 0.896. The molecule has 0 heterocycles. The van der Waals surface area contributed by atoms with Gasteiger partial charge in [0.1, 0.15) is 11.2 Å². The summed E-state index contributed by atoms with van der Waals surface area (Å²) < 4.78 is 10.5. The highest BCUT2D eigenvalue weighted by Crippen LogP contribution is 2.27. The largest absolute Gasteiger partial charge is 0.444 e. The number of nitrogens with zero attached hydrogens (tertiary/aromatic N) is 3. The van der Waals surface area contributed by atoms with Crippen molar-refractivity contribution in [3.05, 3.63) is 10.4 Å². The number of hydrogen-bond acceptors (Lipinski definition) is 7. The molecule has 2 amide bonds. The Morgan fingerprint density at radius 1 is 0.842 bits per heavy atom. The Labute approximate surface area is 229 Å². The van der Waals surface area contributed by atoms with E-state index in [0.29, 0.717) is 24.9 Å². The molecule has 222 valence electrons. The minimum atomic E-state index is -0.514. The molecule has 2 aliphatic rings. The van der Waals surface area contributed by atoms with E-state index >= 15 is 0 Å². The molecule has 0 aliphatic heterocycles. The molecule has 0 saturated heterocycles. The highest BCUT2D eigenvalue weighted by atomic mass is 16.6. The second-order valence-corrected chi connectivity index (χ2v) is 12.0. The van der Waals surface area contributed by atoms with E-state index in [0.717, 1.165) is 32.8 Å². The maximum absolute atomic E-state index is 11.8. The third-order valence-corrected chi connectivity index (χ3v) is 6.44. The monoisotopic (exact) mass is 542 g/mol. The van der Waals surface area contributed by atoms with E-state index in [4.69, 9.17) is 25.8 Å². The first-order valence-electron chi connectivity index (χ1n) is 14.0. The van der Waals surface area contributed by atoms with Crippen molar-refractivity contribution in [2.45, 2.75) is 129 Å². The van der Waals surface area contributed by atoms with E-state index in [9.17, 15) is 9.59 Å². The van der Waals surface area contributed by atoms with E-state index in [1.54, 1.807) is 0 Å². The highest BCUT2D eigenvalue weighted by Gasteiger charge is 2.27. The quantitative estimate of drug-likeness (QED) is 0.180. The van der Waals surface area contributed by atoms with E-state index in [1.165, 1.54) is 38.5 Å². The van der Waals surface area contributed by atoms with Gasteiger partial charge in [0, 0.05) is 37.2 Å². The molecule has 2 saturated carbocycles. The van der Waals surface area contributed by atoms with Crippen molar-refractivity contribution in [2.75, 3.05) is 20.2 Å². The molecule has 0 aromatic carbocycles. The summed E-state index contributed by atoms with van der Waals surface area (Å²) in [5, 5.41) is 16.4. The fourth-order valence-corrected chi connectivity index (χ4v) is 4.80. The van der Waals surface area contributed by atoms with Gasteiger partial charge < -0.3 is 30.9 Å². The average molecular weight is 543 g/mol. The first-order chi connectivity index (χ1) is 17.8. The number of carbonyl (C=O) groups excluding carboxylic acids is 2. The molecule has 0 bridgehead atoms. The molecule has 2 atom stereocenters. The predicted octanol–water partition coefficient (Wildman–Crippen LogP) is 5.80. The van der Waals surface area contributed by atoms with Crippen molar-refractivity contribution in [3.8, 4) is 0 Å². The van der Waals surface area contributed by atoms with Crippen LogP contribution in [0.5, 0.6) is 0 Å². The van der Waals surface area contributed by atoms with Crippen molar-refractivity contribution in [3.63, 3.8) is 0 Å². The van der Waals surface area contributed by atoms with Crippen LogP contribution < -0.4 is 16.4 Å². The van der Waals surface area contributed by atoms with Gasteiger partial charge in [-0.25, -0.2) is 9.59 Å². The fraction of sp³-hybridized carbons (Fsp3) is 0.926. The van der Waals surface area contributed by atoms with Crippen LogP contribution in [0, 0.1) is 11.8 Å². The number of amides is 2. The molecule has 2 fully saturated rings. The van der Waals surface area contributed by atoms with Crippen molar-refractivity contribution in [2.24, 2.45) is 22.7 Å². The molecule has 2 unspecified atom stereocenters. The van der Waals surface area contributed by atoms with Gasteiger partial charge in [-0.15, -0.1) is 0 Å². The molecule has 11 heteroatoms. The lowest BCUT2D eigenvalue weighted by Crippen LogP contribution is -2.47. The summed E-state index contributed by atoms with van der Waals surface area (Å²) in [6.45, 7) is 11.9. The number of nitrogens with two attached hydrogens (primary N) is 1. The number of hydrogen-bond donors (Lipinski definition) is 4. The van der Waals surface area contributed by atoms with E-state index in [2.05, 4.69) is 20.7 Å². The van der Waals surface area contributed by atoms with Crippen LogP contribution in [0.4, 0.5) is 9.59 Å². The Balaban J connectivity index is 0.000000680. The molecule has 2 rings (SSSR count). The second kappa shape index (κ2) is 18.9. The van der Waals surface area contributed by atoms with Gasteiger partial charge in [-0.2, -0.15) is 0 Å². The topological polar surface area (TPSA) is 172 Å². The van der Waals surface area contributed by atoms with E-state index in [-0.39, 0.29) is 18.2 Å². The maximum Gasteiger partial charge on any atom is 0.407 e. The average Bonchev–Trinajstić information content (AvgIpc) is 2.85. The minimum Gasteiger partial charge on any atom is -0.444 e. The minimum absolute atomic E-state index is 0.0603. The lowest BCUT2D eigenvalue weighted by Gasteiger charge is -2.31. The Morgan fingerprint density at radius 2 is 1.21 bits per heavy atom. The van der Waals surface area contributed by atoms with Crippen LogP contribution >= 0.6 is 0 Å². The Bertz CT molecular complexity index is 704. The summed E-state index contributed by atoms with van der Waals surface area (Å²) in [5.41, 5.74) is 13.2. The summed E-state index contributed by atoms with van der Waals surface area (Å²) in [6, 6.07) is -0.0591. The highest BCUT2D eigenvalue weighted by molar-refractivity contribution is 5.68. The van der Waals surface area contributed by atoms with Crippen LogP contribution in [0.15, 0.2) is 5.11 Å². The van der Waals surface area contributed by atoms with Crippen LogP contribution in [0.25, 0.3) is 10.4 Å². The predicted molar refractivity (Wildman–Crippen MR) is 151 cm³/mol. The van der Waals surface area contributed by atoms with Crippen molar-refractivity contribution >= 4 is 12.2 Å². The molecular formula is C27H54N6O5. The molecule has 5 N–H and O–H groups in total. The van der Waals surface area contributed by atoms with Crippen LogP contribution in [-0.4, -0.2) is 60.8 Å². The molecule has 38 heavy (non-hydrogen) atoms. The summed E-state index contributed by atoms with van der Waals surface area (Å²) in [4.78, 5) is 26.3.